The summed E-state index contributed by atoms with van der Waals surface area (Å²) in [4.78, 5) is 20.5. The lowest BCUT2D eigenvalue weighted by molar-refractivity contribution is 0.00305. The summed E-state index contributed by atoms with van der Waals surface area (Å²) in [7, 11) is 3.92. The van der Waals surface area contributed by atoms with Crippen LogP contribution >= 0.6 is 0 Å². The smallest absolute Gasteiger partial charge is 0.255 e. The van der Waals surface area contributed by atoms with Crippen molar-refractivity contribution in [2.75, 3.05) is 33.7 Å². The van der Waals surface area contributed by atoms with Gasteiger partial charge in [-0.1, -0.05) is 0 Å². The van der Waals surface area contributed by atoms with E-state index in [0.29, 0.717) is 31.6 Å². The summed E-state index contributed by atoms with van der Waals surface area (Å²) in [5.41, 5.74) is 0.927. The third-order valence-electron chi connectivity index (χ3n) is 3.94. The molecule has 0 aliphatic carbocycles. The Morgan fingerprint density at radius 1 is 1.38 bits per heavy atom. The van der Waals surface area contributed by atoms with Crippen molar-refractivity contribution < 1.29 is 9.90 Å². The molecule has 5 nitrogen and oxygen atoms in total. The summed E-state index contributed by atoms with van der Waals surface area (Å²) >= 11 is 0. The van der Waals surface area contributed by atoms with Crippen LogP contribution in [0.25, 0.3) is 0 Å². The summed E-state index contributed by atoms with van der Waals surface area (Å²) in [6.07, 6.45) is 5.55. The van der Waals surface area contributed by atoms with Crippen LogP contribution in [0.1, 0.15) is 35.2 Å². The average Bonchev–Trinajstić information content (AvgIpc) is 2.59. The van der Waals surface area contributed by atoms with Gasteiger partial charge < -0.3 is 14.9 Å². The number of aliphatic hydroxyl groups is 1. The van der Waals surface area contributed by atoms with E-state index in [2.05, 4.69) is 4.98 Å². The van der Waals surface area contributed by atoms with E-state index in [1.165, 1.54) is 0 Å². The Morgan fingerprint density at radius 2 is 2.14 bits per heavy atom. The molecule has 0 radical (unpaired) electrons. The molecule has 2 rings (SSSR count). The molecule has 1 aliphatic heterocycles. The molecular formula is C16H25N3O2. The molecule has 0 bridgehead atoms. The summed E-state index contributed by atoms with van der Waals surface area (Å²) in [5, 5.41) is 10.6. The molecule has 5 heteroatoms. The first-order valence-electron chi connectivity index (χ1n) is 7.48. The highest BCUT2D eigenvalue weighted by atomic mass is 16.3. The molecule has 116 valence electrons. The normalized spacial score (nSPS) is 23.2. The van der Waals surface area contributed by atoms with Crippen molar-refractivity contribution in [3.05, 3.63) is 29.6 Å². The summed E-state index contributed by atoms with van der Waals surface area (Å²) in [5.74, 6) is 0.0142. The number of pyridine rings is 1. The second kappa shape index (κ2) is 6.54. The van der Waals surface area contributed by atoms with Gasteiger partial charge in [0, 0.05) is 32.0 Å². The number of aromatic nitrogens is 1. The quantitative estimate of drug-likeness (QED) is 0.912. The van der Waals surface area contributed by atoms with Crippen LogP contribution in [0.2, 0.25) is 0 Å². The molecule has 2 heterocycles. The maximum absolute atomic E-state index is 12.5. The van der Waals surface area contributed by atoms with Gasteiger partial charge in [0.15, 0.2) is 0 Å². The van der Waals surface area contributed by atoms with Gasteiger partial charge in [0.05, 0.1) is 11.2 Å². The zero-order chi connectivity index (χ0) is 15.5. The number of likely N-dealkylation sites (N-methyl/N-ethyl adjacent to an activating group) is 1. The van der Waals surface area contributed by atoms with Crippen molar-refractivity contribution in [2.24, 2.45) is 0 Å². The van der Waals surface area contributed by atoms with Gasteiger partial charge in [0.2, 0.25) is 0 Å². The highest BCUT2D eigenvalue weighted by molar-refractivity contribution is 5.94. The minimum atomic E-state index is -0.691. The van der Waals surface area contributed by atoms with Gasteiger partial charge in [-0.2, -0.15) is 0 Å². The number of nitrogens with zero attached hydrogens (tertiary/aromatic N) is 3. The first-order chi connectivity index (χ1) is 9.89. The van der Waals surface area contributed by atoms with Crippen LogP contribution in [-0.2, 0) is 0 Å². The number of carbonyl (C=O) groups excluding carboxylic acids is 1. The van der Waals surface area contributed by atoms with Crippen molar-refractivity contribution in [1.29, 1.82) is 0 Å². The van der Waals surface area contributed by atoms with Crippen LogP contribution in [0.3, 0.4) is 0 Å². The SMILES string of the molecule is Cc1cncc(C(=O)N2CCC[C@](O)(CN(C)C)CC2)c1. The Bertz CT molecular complexity index is 504. The molecule has 1 saturated heterocycles. The standard InChI is InChI=1S/C16H25N3O2/c1-13-9-14(11-17-10-13)15(20)19-7-4-5-16(21,6-8-19)12-18(2)3/h9-11,21H,4-8,12H2,1-3H3/t16-/m1/s1. The van der Waals surface area contributed by atoms with Gasteiger partial charge in [0.25, 0.3) is 5.91 Å². The third-order valence-corrected chi connectivity index (χ3v) is 3.94. The highest BCUT2D eigenvalue weighted by Crippen LogP contribution is 2.24. The number of rotatable bonds is 3. The van der Waals surface area contributed by atoms with Crippen LogP contribution in [0.15, 0.2) is 18.5 Å². The molecule has 1 amide bonds. The Balaban J connectivity index is 2.04. The maximum Gasteiger partial charge on any atom is 0.255 e. The average molecular weight is 291 g/mol. The van der Waals surface area contributed by atoms with Crippen LogP contribution in [0.5, 0.6) is 0 Å². The lowest BCUT2D eigenvalue weighted by atomic mass is 9.94. The number of carbonyl (C=O) groups is 1. The van der Waals surface area contributed by atoms with Crippen LogP contribution in [-0.4, -0.2) is 65.1 Å². The second-order valence-electron chi connectivity index (χ2n) is 6.36. The Hall–Kier alpha value is -1.46. The van der Waals surface area contributed by atoms with Crippen LogP contribution < -0.4 is 0 Å². The molecule has 0 aromatic carbocycles. The first kappa shape index (κ1) is 15.9. The number of hydrogen-bond donors (Lipinski definition) is 1. The summed E-state index contributed by atoms with van der Waals surface area (Å²) in [6, 6.07) is 1.87. The molecule has 1 aromatic rings. The van der Waals surface area contributed by atoms with E-state index < -0.39 is 5.60 Å². The van der Waals surface area contributed by atoms with Gasteiger partial charge in [-0.3, -0.25) is 9.78 Å². The summed E-state index contributed by atoms with van der Waals surface area (Å²) < 4.78 is 0. The van der Waals surface area contributed by atoms with Gasteiger partial charge in [0.1, 0.15) is 0 Å². The van der Waals surface area contributed by atoms with Crippen molar-refractivity contribution in [2.45, 2.75) is 31.8 Å². The molecule has 1 atom stereocenters. The monoisotopic (exact) mass is 291 g/mol. The number of hydrogen-bond acceptors (Lipinski definition) is 4. The molecule has 0 spiro atoms. The third kappa shape index (κ3) is 4.25. The fourth-order valence-electron chi connectivity index (χ4n) is 2.98. The van der Waals surface area contributed by atoms with Crippen molar-refractivity contribution >= 4 is 5.91 Å². The lowest BCUT2D eigenvalue weighted by Crippen LogP contribution is -2.41. The molecular weight excluding hydrogens is 266 g/mol. The topological polar surface area (TPSA) is 56.7 Å². The Labute approximate surface area is 126 Å². The van der Waals surface area contributed by atoms with E-state index in [4.69, 9.17) is 0 Å². The minimum Gasteiger partial charge on any atom is -0.388 e. The van der Waals surface area contributed by atoms with E-state index in [0.717, 1.165) is 18.4 Å². The van der Waals surface area contributed by atoms with E-state index >= 15 is 0 Å². The predicted octanol–water partition coefficient (Wildman–Crippen LogP) is 1.31. The van der Waals surface area contributed by atoms with Crippen molar-refractivity contribution in [3.8, 4) is 0 Å². The lowest BCUT2D eigenvalue weighted by Gasteiger charge is -2.29. The Kier molecular flexibility index (Phi) is 4.96. The predicted molar refractivity (Wildman–Crippen MR) is 82.2 cm³/mol. The molecule has 1 aliphatic rings. The van der Waals surface area contributed by atoms with E-state index in [-0.39, 0.29) is 5.91 Å². The van der Waals surface area contributed by atoms with Crippen LogP contribution in [0.4, 0.5) is 0 Å². The summed E-state index contributed by atoms with van der Waals surface area (Å²) in [6.45, 7) is 3.86. The van der Waals surface area contributed by atoms with Crippen molar-refractivity contribution in [3.63, 3.8) is 0 Å². The molecule has 1 fully saturated rings. The minimum absolute atomic E-state index is 0.0142. The number of aryl methyl sites for hydroxylation is 1. The molecule has 0 unspecified atom stereocenters. The van der Waals surface area contributed by atoms with Gasteiger partial charge in [-0.15, -0.1) is 0 Å². The number of likely N-dealkylation sites (tertiary alicyclic amines) is 1. The maximum atomic E-state index is 12.5. The second-order valence-corrected chi connectivity index (χ2v) is 6.36. The number of amides is 1. The van der Waals surface area contributed by atoms with Gasteiger partial charge in [-0.05, 0) is 51.9 Å². The molecule has 0 saturated carbocycles. The zero-order valence-corrected chi connectivity index (χ0v) is 13.2. The van der Waals surface area contributed by atoms with Crippen LogP contribution in [0, 0.1) is 6.92 Å². The molecule has 1 N–H and O–H groups in total. The fourth-order valence-corrected chi connectivity index (χ4v) is 2.98. The Morgan fingerprint density at radius 3 is 2.81 bits per heavy atom. The molecule has 21 heavy (non-hydrogen) atoms. The zero-order valence-electron chi connectivity index (χ0n) is 13.2. The highest BCUT2D eigenvalue weighted by Gasteiger charge is 2.32. The van der Waals surface area contributed by atoms with E-state index in [1.807, 2.05) is 36.9 Å². The van der Waals surface area contributed by atoms with E-state index in [1.54, 1.807) is 12.4 Å². The van der Waals surface area contributed by atoms with E-state index in [9.17, 15) is 9.90 Å². The van der Waals surface area contributed by atoms with Crippen molar-refractivity contribution in [1.82, 2.24) is 14.8 Å². The first-order valence-corrected chi connectivity index (χ1v) is 7.48. The van der Waals surface area contributed by atoms with Gasteiger partial charge in [-0.25, -0.2) is 0 Å². The van der Waals surface area contributed by atoms with Gasteiger partial charge >= 0.3 is 0 Å². The fraction of sp³-hybridized carbons (Fsp3) is 0.625. The molecule has 1 aromatic heterocycles. The largest absolute Gasteiger partial charge is 0.388 e.